The van der Waals surface area contributed by atoms with Crippen molar-refractivity contribution in [2.45, 2.75) is 19.8 Å². The molecule has 0 aliphatic carbocycles. The highest BCUT2D eigenvalue weighted by atomic mass is 16.1. The topological polar surface area (TPSA) is 46.3 Å². The molecule has 1 saturated heterocycles. The summed E-state index contributed by atoms with van der Waals surface area (Å²) in [5.74, 6) is 0.960. The van der Waals surface area contributed by atoms with Gasteiger partial charge in [-0.2, -0.15) is 0 Å². The predicted octanol–water partition coefficient (Wildman–Crippen LogP) is 0.246. The average Bonchev–Trinajstić information content (AvgIpc) is 2.52. The van der Waals surface area contributed by atoms with Crippen LogP contribution in [0.1, 0.15) is 19.8 Å². The third-order valence-electron chi connectivity index (χ3n) is 2.50. The molecule has 3 nitrogen and oxygen atoms in total. The van der Waals surface area contributed by atoms with Crippen LogP contribution in [0.4, 0.5) is 0 Å². The predicted molar refractivity (Wildman–Crippen MR) is 48.9 cm³/mol. The maximum Gasteiger partial charge on any atom is 0.146 e. The lowest BCUT2D eigenvalue weighted by atomic mass is 10.1. The molecule has 2 N–H and O–H groups in total. The summed E-state index contributed by atoms with van der Waals surface area (Å²) in [4.78, 5) is 13.3. The first-order chi connectivity index (χ1) is 5.76. The van der Waals surface area contributed by atoms with E-state index in [4.69, 9.17) is 5.73 Å². The molecule has 1 fully saturated rings. The van der Waals surface area contributed by atoms with E-state index >= 15 is 0 Å². The molecule has 3 heteroatoms. The molecule has 12 heavy (non-hydrogen) atoms. The van der Waals surface area contributed by atoms with E-state index in [1.165, 1.54) is 0 Å². The van der Waals surface area contributed by atoms with Crippen LogP contribution in [0, 0.1) is 5.92 Å². The van der Waals surface area contributed by atoms with E-state index in [1.54, 1.807) is 0 Å². The fourth-order valence-corrected chi connectivity index (χ4v) is 1.61. The van der Waals surface area contributed by atoms with Crippen LogP contribution in [0.25, 0.3) is 0 Å². The number of nitrogens with zero attached hydrogens (tertiary/aromatic N) is 1. The number of nitrogens with two attached hydrogens (primary N) is 1. The lowest BCUT2D eigenvalue weighted by Crippen LogP contribution is -2.28. The minimum atomic E-state index is 0.340. The van der Waals surface area contributed by atoms with Gasteiger partial charge in [0, 0.05) is 13.0 Å². The fourth-order valence-electron chi connectivity index (χ4n) is 1.61. The number of carbonyl (C=O) groups is 1. The van der Waals surface area contributed by atoms with Crippen LogP contribution in [-0.4, -0.2) is 36.9 Å². The molecule has 0 bridgehead atoms. The van der Waals surface area contributed by atoms with Crippen LogP contribution in [0.15, 0.2) is 0 Å². The molecule has 0 radical (unpaired) electrons. The summed E-state index contributed by atoms with van der Waals surface area (Å²) in [5.41, 5.74) is 5.55. The largest absolute Gasteiger partial charge is 0.330 e. The van der Waals surface area contributed by atoms with Gasteiger partial charge >= 0.3 is 0 Å². The first-order valence-corrected chi connectivity index (χ1v) is 4.70. The van der Waals surface area contributed by atoms with Crippen molar-refractivity contribution in [1.82, 2.24) is 4.90 Å². The molecule has 1 aliphatic heterocycles. The first kappa shape index (κ1) is 9.68. The van der Waals surface area contributed by atoms with Gasteiger partial charge in [-0.25, -0.2) is 0 Å². The third-order valence-corrected chi connectivity index (χ3v) is 2.50. The van der Waals surface area contributed by atoms with Gasteiger partial charge in [-0.15, -0.1) is 0 Å². The number of ketones is 1. The number of hydrogen-bond acceptors (Lipinski definition) is 3. The van der Waals surface area contributed by atoms with Gasteiger partial charge in [0.1, 0.15) is 5.78 Å². The van der Waals surface area contributed by atoms with Crippen LogP contribution in [-0.2, 0) is 4.79 Å². The molecular weight excluding hydrogens is 152 g/mol. The van der Waals surface area contributed by atoms with Crippen molar-refractivity contribution < 1.29 is 4.79 Å². The summed E-state index contributed by atoms with van der Waals surface area (Å²) in [5, 5.41) is 0. The van der Waals surface area contributed by atoms with Crippen molar-refractivity contribution in [2.24, 2.45) is 11.7 Å². The number of likely N-dealkylation sites (tertiary alicyclic amines) is 1. The Morgan fingerprint density at radius 1 is 1.67 bits per heavy atom. The maximum absolute atomic E-state index is 11.1. The van der Waals surface area contributed by atoms with Crippen LogP contribution in [0.3, 0.4) is 0 Å². The molecule has 1 aliphatic rings. The van der Waals surface area contributed by atoms with Gasteiger partial charge in [-0.1, -0.05) is 6.92 Å². The summed E-state index contributed by atoms with van der Waals surface area (Å²) >= 11 is 0. The molecule has 70 valence electrons. The highest BCUT2D eigenvalue weighted by molar-refractivity contribution is 5.80. The van der Waals surface area contributed by atoms with Gasteiger partial charge in [0.2, 0.25) is 0 Å². The molecule has 0 amide bonds. The monoisotopic (exact) mass is 170 g/mol. The third kappa shape index (κ3) is 2.57. The van der Waals surface area contributed by atoms with E-state index in [-0.39, 0.29) is 0 Å². The van der Waals surface area contributed by atoms with Crippen LogP contribution < -0.4 is 5.73 Å². The van der Waals surface area contributed by atoms with Crippen LogP contribution in [0.5, 0.6) is 0 Å². The zero-order valence-electron chi connectivity index (χ0n) is 7.75. The van der Waals surface area contributed by atoms with Crippen molar-refractivity contribution >= 4 is 5.78 Å². The van der Waals surface area contributed by atoms with Crippen LogP contribution >= 0.6 is 0 Å². The number of carbonyl (C=O) groups excluding carboxylic acids is 1. The van der Waals surface area contributed by atoms with Crippen molar-refractivity contribution in [3.05, 3.63) is 0 Å². The standard InChI is InChI=1S/C9H18N2O/c1-2-9(12)7-11-4-3-8(5-10)6-11/h8H,2-7,10H2,1H3. The lowest BCUT2D eigenvalue weighted by molar-refractivity contribution is -0.119. The molecule has 1 atom stereocenters. The Balaban J connectivity index is 2.23. The molecule has 1 heterocycles. The van der Waals surface area contributed by atoms with Gasteiger partial charge in [-0.3, -0.25) is 9.69 Å². The molecule has 1 unspecified atom stereocenters. The number of Topliss-reactive ketones (excluding diaryl/α,β-unsaturated/α-hetero) is 1. The van der Waals surface area contributed by atoms with Crippen molar-refractivity contribution in [1.29, 1.82) is 0 Å². The maximum atomic E-state index is 11.1. The van der Waals surface area contributed by atoms with E-state index in [0.717, 1.165) is 26.1 Å². The molecular formula is C9H18N2O. The van der Waals surface area contributed by atoms with Gasteiger partial charge in [0.05, 0.1) is 6.54 Å². The Labute approximate surface area is 73.9 Å². The Bertz CT molecular complexity index is 159. The second-order valence-corrected chi connectivity index (χ2v) is 3.52. The van der Waals surface area contributed by atoms with Crippen LogP contribution in [0.2, 0.25) is 0 Å². The summed E-state index contributed by atoms with van der Waals surface area (Å²) in [6.07, 6.45) is 1.82. The SMILES string of the molecule is CCC(=O)CN1CCC(CN)C1. The summed E-state index contributed by atoms with van der Waals surface area (Å²) in [6.45, 7) is 5.37. The Hall–Kier alpha value is -0.410. The Kier molecular flexibility index (Phi) is 3.69. The summed E-state index contributed by atoms with van der Waals surface area (Å²) in [6, 6.07) is 0. The van der Waals surface area contributed by atoms with Gasteiger partial charge in [-0.05, 0) is 25.4 Å². The van der Waals surface area contributed by atoms with Crippen molar-refractivity contribution in [3.8, 4) is 0 Å². The van der Waals surface area contributed by atoms with E-state index in [0.29, 0.717) is 24.7 Å². The van der Waals surface area contributed by atoms with Crippen molar-refractivity contribution in [2.75, 3.05) is 26.2 Å². The highest BCUT2D eigenvalue weighted by Crippen LogP contribution is 2.14. The molecule has 0 saturated carbocycles. The van der Waals surface area contributed by atoms with E-state index < -0.39 is 0 Å². The normalized spacial score (nSPS) is 24.7. The lowest BCUT2D eigenvalue weighted by Gasteiger charge is -2.13. The molecule has 0 aromatic rings. The van der Waals surface area contributed by atoms with E-state index in [9.17, 15) is 4.79 Å². The van der Waals surface area contributed by atoms with Crippen molar-refractivity contribution in [3.63, 3.8) is 0 Å². The van der Waals surface area contributed by atoms with E-state index in [1.807, 2.05) is 6.92 Å². The Morgan fingerprint density at radius 3 is 2.92 bits per heavy atom. The minimum Gasteiger partial charge on any atom is -0.330 e. The molecule has 0 spiro atoms. The van der Waals surface area contributed by atoms with Gasteiger partial charge < -0.3 is 5.73 Å². The average molecular weight is 170 g/mol. The second-order valence-electron chi connectivity index (χ2n) is 3.52. The smallest absolute Gasteiger partial charge is 0.146 e. The molecule has 0 aromatic heterocycles. The number of rotatable bonds is 4. The second kappa shape index (κ2) is 4.58. The minimum absolute atomic E-state index is 0.340. The summed E-state index contributed by atoms with van der Waals surface area (Å²) in [7, 11) is 0. The Morgan fingerprint density at radius 2 is 2.42 bits per heavy atom. The summed E-state index contributed by atoms with van der Waals surface area (Å²) < 4.78 is 0. The first-order valence-electron chi connectivity index (χ1n) is 4.70. The molecule has 0 aromatic carbocycles. The fraction of sp³-hybridized carbons (Fsp3) is 0.889. The zero-order valence-corrected chi connectivity index (χ0v) is 7.75. The van der Waals surface area contributed by atoms with Gasteiger partial charge in [0.25, 0.3) is 0 Å². The zero-order chi connectivity index (χ0) is 8.97. The van der Waals surface area contributed by atoms with E-state index in [2.05, 4.69) is 4.90 Å². The number of hydrogen-bond donors (Lipinski definition) is 1. The quantitative estimate of drug-likeness (QED) is 0.657. The molecule has 1 rings (SSSR count). The van der Waals surface area contributed by atoms with Gasteiger partial charge in [0.15, 0.2) is 0 Å². The highest BCUT2D eigenvalue weighted by Gasteiger charge is 2.21.